The smallest absolute Gasteiger partial charge is 0.222 e. The lowest BCUT2D eigenvalue weighted by Crippen LogP contribution is -2.56. The van der Waals surface area contributed by atoms with Crippen molar-refractivity contribution in [3.63, 3.8) is 0 Å². The number of fused-ring (bicyclic) bond motifs is 1. The molecule has 0 radical (unpaired) electrons. The van der Waals surface area contributed by atoms with E-state index in [0.29, 0.717) is 24.4 Å². The lowest BCUT2D eigenvalue weighted by atomic mass is 10.1. The van der Waals surface area contributed by atoms with E-state index in [0.717, 1.165) is 26.1 Å². The maximum atomic E-state index is 12.4. The summed E-state index contributed by atoms with van der Waals surface area (Å²) in [6.07, 6.45) is 9.63. The zero-order valence-corrected chi connectivity index (χ0v) is 12.2. The van der Waals surface area contributed by atoms with Crippen molar-refractivity contribution in [1.82, 2.24) is 19.4 Å². The molecule has 2 aliphatic rings. The van der Waals surface area contributed by atoms with Crippen molar-refractivity contribution in [2.45, 2.75) is 51.2 Å². The monoisotopic (exact) mass is 276 g/mol. The lowest BCUT2D eigenvalue weighted by molar-refractivity contribution is -0.136. The SMILES string of the molecule is C[C@@H]1CN2CCC[C@@H]2CN1C(=O)CCCn1ccnc1. The van der Waals surface area contributed by atoms with E-state index in [4.69, 9.17) is 0 Å². The minimum Gasteiger partial charge on any atom is -0.337 e. The summed E-state index contributed by atoms with van der Waals surface area (Å²) < 4.78 is 2.03. The fourth-order valence-electron chi connectivity index (χ4n) is 3.51. The highest BCUT2D eigenvalue weighted by atomic mass is 16.2. The second-order valence-electron chi connectivity index (χ2n) is 6.09. The van der Waals surface area contributed by atoms with Crippen molar-refractivity contribution in [3.05, 3.63) is 18.7 Å². The van der Waals surface area contributed by atoms with Gasteiger partial charge in [-0.15, -0.1) is 0 Å². The van der Waals surface area contributed by atoms with E-state index in [2.05, 4.69) is 21.7 Å². The summed E-state index contributed by atoms with van der Waals surface area (Å²) in [5, 5.41) is 0. The Morgan fingerprint density at radius 3 is 3.10 bits per heavy atom. The molecule has 2 saturated heterocycles. The van der Waals surface area contributed by atoms with Crippen molar-refractivity contribution in [1.29, 1.82) is 0 Å². The third-order valence-electron chi connectivity index (χ3n) is 4.62. The van der Waals surface area contributed by atoms with Gasteiger partial charge in [0, 0.05) is 50.5 Å². The van der Waals surface area contributed by atoms with Gasteiger partial charge < -0.3 is 9.47 Å². The highest BCUT2D eigenvalue weighted by Gasteiger charge is 2.35. The molecule has 0 saturated carbocycles. The zero-order chi connectivity index (χ0) is 13.9. The number of carbonyl (C=O) groups excluding carboxylic acids is 1. The molecule has 0 unspecified atom stereocenters. The third-order valence-corrected chi connectivity index (χ3v) is 4.62. The quantitative estimate of drug-likeness (QED) is 0.834. The first kappa shape index (κ1) is 13.6. The maximum Gasteiger partial charge on any atom is 0.222 e. The predicted molar refractivity (Wildman–Crippen MR) is 77.2 cm³/mol. The highest BCUT2D eigenvalue weighted by Crippen LogP contribution is 2.25. The molecule has 0 aromatic carbocycles. The second kappa shape index (κ2) is 5.95. The number of hydrogen-bond donors (Lipinski definition) is 0. The van der Waals surface area contributed by atoms with Crippen molar-refractivity contribution in [2.75, 3.05) is 19.6 Å². The van der Waals surface area contributed by atoms with Gasteiger partial charge in [-0.2, -0.15) is 0 Å². The van der Waals surface area contributed by atoms with Crippen LogP contribution in [-0.2, 0) is 11.3 Å². The van der Waals surface area contributed by atoms with E-state index in [-0.39, 0.29) is 0 Å². The predicted octanol–water partition coefficient (Wildman–Crippen LogP) is 1.36. The van der Waals surface area contributed by atoms with Crippen molar-refractivity contribution in [3.8, 4) is 0 Å². The molecule has 3 heterocycles. The van der Waals surface area contributed by atoms with Crippen LogP contribution in [0.4, 0.5) is 0 Å². The zero-order valence-electron chi connectivity index (χ0n) is 12.2. The minimum atomic E-state index is 0.323. The first-order chi connectivity index (χ1) is 9.74. The first-order valence-corrected chi connectivity index (χ1v) is 7.73. The molecule has 5 nitrogen and oxygen atoms in total. The molecule has 5 heteroatoms. The molecule has 0 N–H and O–H groups in total. The topological polar surface area (TPSA) is 41.4 Å². The Kier molecular flexibility index (Phi) is 4.05. The Bertz CT molecular complexity index is 445. The van der Waals surface area contributed by atoms with Gasteiger partial charge in [-0.25, -0.2) is 4.98 Å². The third kappa shape index (κ3) is 2.87. The van der Waals surface area contributed by atoms with Crippen LogP contribution in [0.15, 0.2) is 18.7 Å². The van der Waals surface area contributed by atoms with E-state index >= 15 is 0 Å². The van der Waals surface area contributed by atoms with E-state index < -0.39 is 0 Å². The number of amides is 1. The fraction of sp³-hybridized carbons (Fsp3) is 0.733. The summed E-state index contributed by atoms with van der Waals surface area (Å²) >= 11 is 0. The van der Waals surface area contributed by atoms with Gasteiger partial charge >= 0.3 is 0 Å². The van der Waals surface area contributed by atoms with Crippen LogP contribution in [0.25, 0.3) is 0 Å². The van der Waals surface area contributed by atoms with Gasteiger partial charge in [-0.05, 0) is 32.7 Å². The highest BCUT2D eigenvalue weighted by molar-refractivity contribution is 5.76. The van der Waals surface area contributed by atoms with Crippen LogP contribution in [0.5, 0.6) is 0 Å². The number of aryl methyl sites for hydroxylation is 1. The van der Waals surface area contributed by atoms with Gasteiger partial charge in [0.05, 0.1) is 6.33 Å². The molecule has 1 aromatic rings. The van der Waals surface area contributed by atoms with Gasteiger partial charge in [-0.3, -0.25) is 9.69 Å². The number of nitrogens with zero attached hydrogens (tertiary/aromatic N) is 4. The van der Waals surface area contributed by atoms with Crippen LogP contribution in [0, 0.1) is 0 Å². The van der Waals surface area contributed by atoms with E-state index in [9.17, 15) is 4.79 Å². The molecule has 1 amide bonds. The molecule has 1 aromatic heterocycles. The number of imidazole rings is 1. The van der Waals surface area contributed by atoms with Gasteiger partial charge in [0.1, 0.15) is 0 Å². The molecular formula is C15H24N4O. The average molecular weight is 276 g/mol. The molecule has 0 spiro atoms. The molecule has 20 heavy (non-hydrogen) atoms. The minimum absolute atomic E-state index is 0.323. The number of rotatable bonds is 4. The Morgan fingerprint density at radius 1 is 1.40 bits per heavy atom. The summed E-state index contributed by atoms with van der Waals surface area (Å²) in [6.45, 7) is 6.27. The van der Waals surface area contributed by atoms with Crippen LogP contribution in [0.1, 0.15) is 32.6 Å². The molecule has 0 bridgehead atoms. The average Bonchev–Trinajstić information content (AvgIpc) is 3.08. The van der Waals surface area contributed by atoms with E-state index in [1.807, 2.05) is 17.1 Å². The molecular weight excluding hydrogens is 252 g/mol. The summed E-state index contributed by atoms with van der Waals surface area (Å²) in [7, 11) is 0. The summed E-state index contributed by atoms with van der Waals surface area (Å²) in [5.41, 5.74) is 0. The number of hydrogen-bond acceptors (Lipinski definition) is 3. The molecule has 0 aliphatic carbocycles. The Morgan fingerprint density at radius 2 is 2.30 bits per heavy atom. The van der Waals surface area contributed by atoms with E-state index in [1.54, 1.807) is 6.20 Å². The number of carbonyl (C=O) groups is 1. The van der Waals surface area contributed by atoms with Gasteiger partial charge in [0.15, 0.2) is 0 Å². The van der Waals surface area contributed by atoms with Crippen LogP contribution in [-0.4, -0.2) is 57.0 Å². The van der Waals surface area contributed by atoms with Crippen LogP contribution >= 0.6 is 0 Å². The molecule has 3 rings (SSSR count). The molecule has 2 aliphatic heterocycles. The maximum absolute atomic E-state index is 12.4. The summed E-state index contributed by atoms with van der Waals surface area (Å²) in [4.78, 5) is 21.1. The number of piperazine rings is 1. The van der Waals surface area contributed by atoms with Crippen molar-refractivity contribution in [2.24, 2.45) is 0 Å². The van der Waals surface area contributed by atoms with E-state index in [1.165, 1.54) is 19.4 Å². The largest absolute Gasteiger partial charge is 0.337 e. The summed E-state index contributed by atoms with van der Waals surface area (Å²) in [6, 6.07) is 0.980. The van der Waals surface area contributed by atoms with Gasteiger partial charge in [-0.1, -0.05) is 0 Å². The standard InChI is InChI=1S/C15H24N4O/c1-13-10-18-8-2-4-14(18)11-19(13)15(20)5-3-7-17-9-6-16-12-17/h6,9,12-14H,2-5,7-8,10-11H2,1H3/t13-,14-/m1/s1. The van der Waals surface area contributed by atoms with Crippen LogP contribution in [0.3, 0.4) is 0 Å². The normalized spacial score (nSPS) is 26.8. The second-order valence-corrected chi connectivity index (χ2v) is 6.09. The Hall–Kier alpha value is -1.36. The Labute approximate surface area is 120 Å². The molecule has 110 valence electrons. The summed E-state index contributed by atoms with van der Waals surface area (Å²) in [5.74, 6) is 0.323. The molecule has 2 atom stereocenters. The van der Waals surface area contributed by atoms with Crippen LogP contribution < -0.4 is 0 Å². The van der Waals surface area contributed by atoms with Gasteiger partial charge in [0.25, 0.3) is 0 Å². The molecule has 2 fully saturated rings. The first-order valence-electron chi connectivity index (χ1n) is 7.73. The number of aromatic nitrogens is 2. The fourth-order valence-corrected chi connectivity index (χ4v) is 3.51. The van der Waals surface area contributed by atoms with Crippen molar-refractivity contribution >= 4 is 5.91 Å². The van der Waals surface area contributed by atoms with Gasteiger partial charge in [0.2, 0.25) is 5.91 Å². The van der Waals surface area contributed by atoms with Crippen LogP contribution in [0.2, 0.25) is 0 Å². The van der Waals surface area contributed by atoms with Crippen molar-refractivity contribution < 1.29 is 4.79 Å². The Balaban J connectivity index is 1.48. The lowest BCUT2D eigenvalue weighted by Gasteiger charge is -2.42.